The van der Waals surface area contributed by atoms with Crippen LogP contribution in [-0.4, -0.2) is 60.6 Å². The number of likely N-dealkylation sites (tertiary alicyclic amines) is 1. The van der Waals surface area contributed by atoms with Crippen LogP contribution in [0.15, 0.2) is 0 Å². The first-order valence-corrected chi connectivity index (χ1v) is 7.15. The van der Waals surface area contributed by atoms with Crippen molar-refractivity contribution in [3.63, 3.8) is 0 Å². The smallest absolute Gasteiger partial charge is 0.410 e. The zero-order chi connectivity index (χ0) is 15.3. The van der Waals surface area contributed by atoms with Crippen molar-refractivity contribution in [3.05, 3.63) is 0 Å². The Kier molecular flexibility index (Phi) is 5.80. The summed E-state index contributed by atoms with van der Waals surface area (Å²) in [5, 5.41) is 0. The lowest BCUT2D eigenvalue weighted by molar-refractivity contribution is -0.127. The predicted octanol–water partition coefficient (Wildman–Crippen LogP) is 1.05. The molecule has 1 unspecified atom stereocenters. The van der Waals surface area contributed by atoms with Crippen molar-refractivity contribution in [2.75, 3.05) is 33.2 Å². The molecule has 1 aliphatic rings. The molecule has 0 aromatic carbocycles. The lowest BCUT2D eigenvalue weighted by Gasteiger charge is -2.25. The molecule has 1 atom stereocenters. The number of ether oxygens (including phenoxy) is 1. The molecule has 2 amide bonds. The summed E-state index contributed by atoms with van der Waals surface area (Å²) in [4.78, 5) is 26.8. The molecule has 6 heteroatoms. The van der Waals surface area contributed by atoms with Gasteiger partial charge in [0.1, 0.15) is 5.60 Å². The number of hydrogen-bond donors (Lipinski definition) is 1. The molecule has 6 nitrogen and oxygen atoms in total. The van der Waals surface area contributed by atoms with Crippen molar-refractivity contribution in [3.8, 4) is 0 Å². The molecule has 20 heavy (non-hydrogen) atoms. The Labute approximate surface area is 121 Å². The molecule has 0 bridgehead atoms. The van der Waals surface area contributed by atoms with E-state index < -0.39 is 5.60 Å². The van der Waals surface area contributed by atoms with Gasteiger partial charge in [-0.1, -0.05) is 0 Å². The standard InChI is InChI=1S/C14H27N3O3/c1-14(2,3)20-13(19)16(4)6-5-7-17-10-11(9-15)8-12(17)18/h11H,5-10,15H2,1-4H3. The summed E-state index contributed by atoms with van der Waals surface area (Å²) in [6, 6.07) is 0. The molecular formula is C14H27N3O3. The van der Waals surface area contributed by atoms with E-state index in [-0.39, 0.29) is 17.9 Å². The number of amides is 2. The van der Waals surface area contributed by atoms with E-state index in [0.717, 1.165) is 13.0 Å². The summed E-state index contributed by atoms with van der Waals surface area (Å²) >= 11 is 0. The van der Waals surface area contributed by atoms with Gasteiger partial charge in [-0.25, -0.2) is 4.79 Å². The average Bonchev–Trinajstić information content (AvgIpc) is 2.68. The molecule has 1 heterocycles. The van der Waals surface area contributed by atoms with Crippen LogP contribution in [-0.2, 0) is 9.53 Å². The summed E-state index contributed by atoms with van der Waals surface area (Å²) in [5.74, 6) is 0.450. The Balaban J connectivity index is 2.27. The van der Waals surface area contributed by atoms with Crippen LogP contribution in [0.3, 0.4) is 0 Å². The van der Waals surface area contributed by atoms with E-state index in [1.54, 1.807) is 11.9 Å². The first-order valence-electron chi connectivity index (χ1n) is 7.15. The van der Waals surface area contributed by atoms with Crippen molar-refractivity contribution in [2.45, 2.75) is 39.2 Å². The van der Waals surface area contributed by atoms with E-state index >= 15 is 0 Å². The number of nitrogens with two attached hydrogens (primary N) is 1. The monoisotopic (exact) mass is 285 g/mol. The number of carbonyl (C=O) groups excluding carboxylic acids is 2. The van der Waals surface area contributed by atoms with Crippen molar-refractivity contribution in [2.24, 2.45) is 11.7 Å². The maximum atomic E-state index is 11.8. The fraction of sp³-hybridized carbons (Fsp3) is 0.857. The van der Waals surface area contributed by atoms with E-state index in [1.165, 1.54) is 0 Å². The van der Waals surface area contributed by atoms with Gasteiger partial charge in [-0.3, -0.25) is 4.79 Å². The molecule has 1 aliphatic heterocycles. The highest BCUT2D eigenvalue weighted by atomic mass is 16.6. The van der Waals surface area contributed by atoms with Crippen LogP contribution in [0.5, 0.6) is 0 Å². The maximum absolute atomic E-state index is 11.8. The van der Waals surface area contributed by atoms with Gasteiger partial charge in [0.05, 0.1) is 0 Å². The third-order valence-electron chi connectivity index (χ3n) is 3.25. The van der Waals surface area contributed by atoms with E-state index in [1.807, 2.05) is 25.7 Å². The van der Waals surface area contributed by atoms with Gasteiger partial charge < -0.3 is 20.3 Å². The number of nitrogens with zero attached hydrogens (tertiary/aromatic N) is 2. The molecule has 0 radical (unpaired) electrons. The lowest BCUT2D eigenvalue weighted by atomic mass is 10.1. The fourth-order valence-corrected chi connectivity index (χ4v) is 2.16. The highest BCUT2D eigenvalue weighted by Crippen LogP contribution is 2.16. The van der Waals surface area contributed by atoms with E-state index in [2.05, 4.69) is 0 Å². The average molecular weight is 285 g/mol. The summed E-state index contributed by atoms with van der Waals surface area (Å²) in [6.07, 6.45) is 0.974. The first kappa shape index (κ1) is 16.8. The van der Waals surface area contributed by atoms with Gasteiger partial charge in [0.25, 0.3) is 0 Å². The zero-order valence-corrected chi connectivity index (χ0v) is 13.0. The van der Waals surface area contributed by atoms with Gasteiger partial charge in [-0.15, -0.1) is 0 Å². The van der Waals surface area contributed by atoms with Crippen LogP contribution in [0.4, 0.5) is 4.79 Å². The zero-order valence-electron chi connectivity index (χ0n) is 13.0. The van der Waals surface area contributed by atoms with Crippen molar-refractivity contribution < 1.29 is 14.3 Å². The van der Waals surface area contributed by atoms with E-state index in [4.69, 9.17) is 10.5 Å². The van der Waals surface area contributed by atoms with Crippen LogP contribution >= 0.6 is 0 Å². The van der Waals surface area contributed by atoms with E-state index in [0.29, 0.717) is 26.1 Å². The molecule has 116 valence electrons. The Morgan fingerprint density at radius 3 is 2.65 bits per heavy atom. The van der Waals surface area contributed by atoms with Crippen molar-refractivity contribution in [1.29, 1.82) is 0 Å². The quantitative estimate of drug-likeness (QED) is 0.819. The molecule has 1 saturated heterocycles. The molecule has 1 fully saturated rings. The van der Waals surface area contributed by atoms with Gasteiger partial charge >= 0.3 is 6.09 Å². The topological polar surface area (TPSA) is 75.9 Å². The largest absolute Gasteiger partial charge is 0.444 e. The number of rotatable bonds is 5. The van der Waals surface area contributed by atoms with Gasteiger partial charge in [0.15, 0.2) is 0 Å². The molecular weight excluding hydrogens is 258 g/mol. The molecule has 0 aliphatic carbocycles. The predicted molar refractivity (Wildman–Crippen MR) is 77.2 cm³/mol. The SMILES string of the molecule is CN(CCCN1CC(CN)CC1=O)C(=O)OC(C)(C)C. The van der Waals surface area contributed by atoms with Gasteiger partial charge in [0, 0.05) is 33.1 Å². The maximum Gasteiger partial charge on any atom is 0.410 e. The Morgan fingerprint density at radius 1 is 1.50 bits per heavy atom. The molecule has 0 saturated carbocycles. The Morgan fingerprint density at radius 2 is 2.15 bits per heavy atom. The van der Waals surface area contributed by atoms with Crippen LogP contribution < -0.4 is 5.73 Å². The van der Waals surface area contributed by atoms with Crippen molar-refractivity contribution >= 4 is 12.0 Å². The highest BCUT2D eigenvalue weighted by molar-refractivity contribution is 5.78. The third-order valence-corrected chi connectivity index (χ3v) is 3.25. The minimum atomic E-state index is -0.482. The van der Waals surface area contributed by atoms with Gasteiger partial charge in [-0.05, 0) is 39.7 Å². The Hall–Kier alpha value is -1.30. The lowest BCUT2D eigenvalue weighted by Crippen LogP contribution is -2.36. The summed E-state index contributed by atoms with van der Waals surface area (Å²) in [6.45, 7) is 8.07. The number of hydrogen-bond acceptors (Lipinski definition) is 4. The van der Waals surface area contributed by atoms with Crippen molar-refractivity contribution in [1.82, 2.24) is 9.80 Å². The Bertz CT molecular complexity index is 352. The fourth-order valence-electron chi connectivity index (χ4n) is 2.16. The first-order chi connectivity index (χ1) is 9.23. The third kappa shape index (κ3) is 5.36. The molecule has 0 spiro atoms. The second-order valence-corrected chi connectivity index (χ2v) is 6.40. The van der Waals surface area contributed by atoms with E-state index in [9.17, 15) is 9.59 Å². The summed E-state index contributed by atoms with van der Waals surface area (Å²) in [7, 11) is 1.71. The normalized spacial score (nSPS) is 19.4. The van der Waals surface area contributed by atoms with Crippen LogP contribution in [0.25, 0.3) is 0 Å². The second kappa shape index (κ2) is 6.92. The van der Waals surface area contributed by atoms with Gasteiger partial charge in [-0.2, -0.15) is 0 Å². The molecule has 2 N–H and O–H groups in total. The molecule has 1 rings (SSSR count). The summed E-state index contributed by atoms with van der Waals surface area (Å²) < 4.78 is 5.27. The highest BCUT2D eigenvalue weighted by Gasteiger charge is 2.28. The van der Waals surface area contributed by atoms with Crippen LogP contribution in [0.1, 0.15) is 33.6 Å². The molecule has 0 aromatic heterocycles. The minimum Gasteiger partial charge on any atom is -0.444 e. The van der Waals surface area contributed by atoms with Crippen LogP contribution in [0.2, 0.25) is 0 Å². The van der Waals surface area contributed by atoms with Crippen LogP contribution in [0, 0.1) is 5.92 Å². The minimum absolute atomic E-state index is 0.167. The molecule has 0 aromatic rings. The summed E-state index contributed by atoms with van der Waals surface area (Å²) in [5.41, 5.74) is 5.10. The second-order valence-electron chi connectivity index (χ2n) is 6.40. The number of carbonyl (C=O) groups is 2. The van der Waals surface area contributed by atoms with Gasteiger partial charge in [0.2, 0.25) is 5.91 Å².